The SMILES string of the molecule is Cc1ccc(C)c(N2C(=O)CSC2=NC(=O)NCCc2ccc(-c3ncn(-c4ccc(OC(F)(F)F)cc4)n3)cc2)c1. The van der Waals surface area contributed by atoms with Crippen molar-refractivity contribution in [3.05, 3.63) is 89.7 Å². The largest absolute Gasteiger partial charge is 0.573 e. The van der Waals surface area contributed by atoms with Crippen molar-refractivity contribution in [1.82, 2.24) is 20.1 Å². The van der Waals surface area contributed by atoms with Gasteiger partial charge in [-0.1, -0.05) is 48.2 Å². The van der Waals surface area contributed by atoms with E-state index in [2.05, 4.69) is 25.1 Å². The van der Waals surface area contributed by atoms with Gasteiger partial charge in [-0.3, -0.25) is 9.69 Å². The van der Waals surface area contributed by atoms with Crippen molar-refractivity contribution in [2.75, 3.05) is 17.2 Å². The zero-order chi connectivity index (χ0) is 29.9. The summed E-state index contributed by atoms with van der Waals surface area (Å²) in [6.45, 7) is 4.20. The fourth-order valence-corrected chi connectivity index (χ4v) is 5.08. The number of amides is 3. The first kappa shape index (κ1) is 28.9. The van der Waals surface area contributed by atoms with Crippen LogP contribution >= 0.6 is 11.8 Å². The number of urea groups is 1. The van der Waals surface area contributed by atoms with Crippen molar-refractivity contribution in [3.8, 4) is 22.8 Å². The number of amidine groups is 1. The predicted octanol–water partition coefficient (Wildman–Crippen LogP) is 5.84. The Bertz CT molecular complexity index is 1640. The zero-order valence-electron chi connectivity index (χ0n) is 22.6. The quantitative estimate of drug-likeness (QED) is 0.289. The number of halogens is 3. The third kappa shape index (κ3) is 6.97. The summed E-state index contributed by atoms with van der Waals surface area (Å²) in [5.41, 5.74) is 4.89. The number of aliphatic imine (C=N–C) groups is 1. The van der Waals surface area contributed by atoms with E-state index in [4.69, 9.17) is 0 Å². The van der Waals surface area contributed by atoms with Crippen LogP contribution in [0.2, 0.25) is 0 Å². The van der Waals surface area contributed by atoms with Gasteiger partial charge in [0, 0.05) is 12.1 Å². The number of aryl methyl sites for hydroxylation is 2. The van der Waals surface area contributed by atoms with Crippen molar-refractivity contribution in [1.29, 1.82) is 0 Å². The molecule has 1 aliphatic rings. The second-order valence-electron chi connectivity index (χ2n) is 9.44. The van der Waals surface area contributed by atoms with Crippen LogP contribution in [0.1, 0.15) is 16.7 Å². The van der Waals surface area contributed by atoms with E-state index < -0.39 is 12.4 Å². The van der Waals surface area contributed by atoms with Crippen LogP contribution in [0.15, 0.2) is 78.0 Å². The van der Waals surface area contributed by atoms with Crippen molar-refractivity contribution in [3.63, 3.8) is 0 Å². The molecule has 216 valence electrons. The summed E-state index contributed by atoms with van der Waals surface area (Å²) in [4.78, 5) is 35.0. The Morgan fingerprint density at radius 2 is 1.81 bits per heavy atom. The third-order valence-electron chi connectivity index (χ3n) is 6.30. The maximum absolute atomic E-state index is 12.5. The molecule has 1 N–H and O–H groups in total. The Balaban J connectivity index is 1.16. The Kier molecular flexibility index (Phi) is 8.29. The number of anilines is 1. The molecule has 0 spiro atoms. The standard InChI is InChI=1S/C29H25F3N6O3S/c1-18-3-4-19(2)24(15-18)38-25(39)16-42-28(38)35-27(40)33-14-13-20-5-7-21(8-6-20)26-34-17-37(36-26)22-9-11-23(12-10-22)41-29(30,31)32/h3-12,15,17H,13-14,16H2,1-2H3,(H,33,40). The Morgan fingerprint density at radius 3 is 2.52 bits per heavy atom. The number of nitrogens with zero attached hydrogens (tertiary/aromatic N) is 5. The number of aromatic nitrogens is 3. The Morgan fingerprint density at radius 1 is 1.07 bits per heavy atom. The number of alkyl halides is 3. The molecule has 2 heterocycles. The molecule has 0 saturated carbocycles. The summed E-state index contributed by atoms with van der Waals surface area (Å²) >= 11 is 1.23. The highest BCUT2D eigenvalue weighted by Gasteiger charge is 2.32. The normalized spacial score (nSPS) is 14.5. The molecule has 0 bridgehead atoms. The molecule has 1 saturated heterocycles. The van der Waals surface area contributed by atoms with E-state index in [9.17, 15) is 22.8 Å². The molecule has 5 rings (SSSR count). The molecule has 1 aromatic heterocycles. The van der Waals surface area contributed by atoms with Crippen LogP contribution in [0.4, 0.5) is 23.7 Å². The lowest BCUT2D eigenvalue weighted by molar-refractivity contribution is -0.274. The average molecular weight is 595 g/mol. The van der Waals surface area contributed by atoms with Gasteiger partial charge in [0.2, 0.25) is 5.91 Å². The van der Waals surface area contributed by atoms with Gasteiger partial charge in [-0.2, -0.15) is 4.99 Å². The van der Waals surface area contributed by atoms with E-state index in [0.717, 1.165) is 27.9 Å². The number of thioether (sulfide) groups is 1. The minimum Gasteiger partial charge on any atom is -0.406 e. The molecule has 13 heteroatoms. The van der Waals surface area contributed by atoms with Crippen LogP contribution in [-0.2, 0) is 11.2 Å². The highest BCUT2D eigenvalue weighted by atomic mass is 32.2. The minimum absolute atomic E-state index is 0.117. The molecule has 3 amide bonds. The van der Waals surface area contributed by atoms with Crippen molar-refractivity contribution in [2.24, 2.45) is 4.99 Å². The lowest BCUT2D eigenvalue weighted by Crippen LogP contribution is -2.32. The van der Waals surface area contributed by atoms with E-state index in [0.29, 0.717) is 29.6 Å². The number of carbonyl (C=O) groups excluding carboxylic acids is 2. The lowest BCUT2D eigenvalue weighted by Gasteiger charge is -2.19. The lowest BCUT2D eigenvalue weighted by atomic mass is 10.1. The number of hydrogen-bond acceptors (Lipinski definition) is 6. The summed E-state index contributed by atoms with van der Waals surface area (Å²) in [6, 6.07) is 18.1. The average Bonchev–Trinajstić information content (AvgIpc) is 3.57. The molecule has 9 nitrogen and oxygen atoms in total. The fourth-order valence-electron chi connectivity index (χ4n) is 4.22. The van der Waals surface area contributed by atoms with Crippen LogP contribution in [0.5, 0.6) is 5.75 Å². The minimum atomic E-state index is -4.76. The molecule has 0 radical (unpaired) electrons. The highest BCUT2D eigenvalue weighted by Crippen LogP contribution is 2.30. The third-order valence-corrected chi connectivity index (χ3v) is 7.22. The zero-order valence-corrected chi connectivity index (χ0v) is 23.4. The summed E-state index contributed by atoms with van der Waals surface area (Å²) in [5, 5.41) is 7.54. The van der Waals surface area contributed by atoms with Gasteiger partial charge in [0.15, 0.2) is 11.0 Å². The molecule has 0 aliphatic carbocycles. The number of hydrogen-bond donors (Lipinski definition) is 1. The van der Waals surface area contributed by atoms with Crippen molar-refractivity contribution < 1.29 is 27.5 Å². The molecular weight excluding hydrogens is 569 g/mol. The first-order valence-corrected chi connectivity index (χ1v) is 13.8. The van der Waals surface area contributed by atoms with Gasteiger partial charge in [0.1, 0.15) is 12.1 Å². The number of ether oxygens (including phenoxy) is 1. The summed E-state index contributed by atoms with van der Waals surface area (Å²) in [6.07, 6.45) is -2.73. The molecular formula is C29H25F3N6O3S. The van der Waals surface area contributed by atoms with Crippen LogP contribution in [0.3, 0.4) is 0 Å². The second-order valence-corrected chi connectivity index (χ2v) is 10.4. The summed E-state index contributed by atoms with van der Waals surface area (Å²) < 4.78 is 42.5. The molecule has 1 fully saturated rings. The first-order chi connectivity index (χ1) is 20.1. The van der Waals surface area contributed by atoms with Gasteiger partial charge in [-0.05, 0) is 67.3 Å². The van der Waals surface area contributed by atoms with Gasteiger partial charge < -0.3 is 10.1 Å². The van der Waals surface area contributed by atoms with Gasteiger partial charge in [0.05, 0.1) is 17.1 Å². The van der Waals surface area contributed by atoms with E-state index >= 15 is 0 Å². The maximum Gasteiger partial charge on any atom is 0.573 e. The van der Waals surface area contributed by atoms with E-state index in [-0.39, 0.29) is 17.4 Å². The number of carbonyl (C=O) groups is 2. The summed E-state index contributed by atoms with van der Waals surface area (Å²) in [7, 11) is 0. The molecule has 0 atom stereocenters. The van der Waals surface area contributed by atoms with E-state index in [1.165, 1.54) is 51.9 Å². The smallest absolute Gasteiger partial charge is 0.406 e. The van der Waals surface area contributed by atoms with Crippen molar-refractivity contribution >= 4 is 34.6 Å². The van der Waals surface area contributed by atoms with Crippen LogP contribution in [0.25, 0.3) is 17.1 Å². The van der Waals surface area contributed by atoms with Gasteiger partial charge in [0.25, 0.3) is 0 Å². The van der Waals surface area contributed by atoms with E-state index in [1.54, 1.807) is 0 Å². The molecule has 42 heavy (non-hydrogen) atoms. The van der Waals surface area contributed by atoms with E-state index in [1.807, 2.05) is 56.3 Å². The summed E-state index contributed by atoms with van der Waals surface area (Å²) in [5.74, 6) is 0.228. The van der Waals surface area contributed by atoms with Crippen LogP contribution in [0, 0.1) is 13.8 Å². The molecule has 4 aromatic rings. The predicted molar refractivity (Wildman–Crippen MR) is 154 cm³/mol. The first-order valence-electron chi connectivity index (χ1n) is 12.8. The van der Waals surface area contributed by atoms with Gasteiger partial charge in [-0.15, -0.1) is 18.3 Å². The number of rotatable bonds is 7. The highest BCUT2D eigenvalue weighted by molar-refractivity contribution is 8.15. The monoisotopic (exact) mass is 594 g/mol. The van der Waals surface area contributed by atoms with Crippen LogP contribution < -0.4 is 15.0 Å². The topological polar surface area (TPSA) is 102 Å². The maximum atomic E-state index is 12.5. The fraction of sp³-hybridized carbons (Fsp3) is 0.207. The number of nitrogens with one attached hydrogen (secondary N) is 1. The van der Waals surface area contributed by atoms with Crippen LogP contribution in [-0.4, -0.2) is 50.5 Å². The van der Waals surface area contributed by atoms with Gasteiger partial charge in [-0.25, -0.2) is 14.5 Å². The number of benzene rings is 3. The Labute approximate surface area is 243 Å². The second kappa shape index (κ2) is 12.1. The molecule has 3 aromatic carbocycles. The Hall–Kier alpha value is -4.65. The molecule has 0 unspecified atom stereocenters. The van der Waals surface area contributed by atoms with Crippen molar-refractivity contribution in [2.45, 2.75) is 26.6 Å². The molecule has 1 aliphatic heterocycles. The van der Waals surface area contributed by atoms with Gasteiger partial charge >= 0.3 is 12.4 Å².